The Hall–Kier alpha value is -2.45. The van der Waals surface area contributed by atoms with Crippen LogP contribution in [0, 0.1) is 12.8 Å². The highest BCUT2D eigenvalue weighted by Gasteiger charge is 2.31. The van der Waals surface area contributed by atoms with Crippen LogP contribution in [0.15, 0.2) is 33.7 Å². The average molecular weight is 416 g/mol. The van der Waals surface area contributed by atoms with Crippen LogP contribution in [-0.4, -0.2) is 36.9 Å². The largest absolute Gasteiger partial charge is 0.354 e. The van der Waals surface area contributed by atoms with Gasteiger partial charge in [0.05, 0.1) is 4.90 Å². The first-order valence-electron chi connectivity index (χ1n) is 10.0. The van der Waals surface area contributed by atoms with Gasteiger partial charge in [-0.2, -0.15) is 4.31 Å². The Kier molecular flexibility index (Phi) is 5.56. The molecule has 29 heavy (non-hydrogen) atoms. The normalized spacial score (nSPS) is 18.2. The number of rotatable bonds is 6. The number of aryl methyl sites for hydroxylation is 1. The number of benzene rings is 1. The molecule has 0 unspecified atom stereocenters. The molecule has 2 aliphatic rings. The zero-order chi connectivity index (χ0) is 20.4. The molecule has 154 valence electrons. The summed E-state index contributed by atoms with van der Waals surface area (Å²) in [5, 5.41) is 6.83. The molecule has 2 aromatic rings. The van der Waals surface area contributed by atoms with E-state index in [4.69, 9.17) is 4.52 Å². The molecule has 1 aromatic heterocycles. The minimum absolute atomic E-state index is 0.00165. The Labute approximate surface area is 170 Å². The van der Waals surface area contributed by atoms with Gasteiger partial charge in [0.15, 0.2) is 5.76 Å². The first-order chi connectivity index (χ1) is 13.9. The second-order valence-corrected chi connectivity index (χ2v) is 9.58. The van der Waals surface area contributed by atoms with Gasteiger partial charge < -0.3 is 9.84 Å². The summed E-state index contributed by atoms with van der Waals surface area (Å²) < 4.78 is 32.3. The van der Waals surface area contributed by atoms with Gasteiger partial charge in [0, 0.05) is 19.0 Å². The topological polar surface area (TPSA) is 92.5 Å². The molecule has 1 aromatic carbocycles. The maximum Gasteiger partial charge on any atom is 0.243 e. The lowest BCUT2D eigenvalue weighted by atomic mass is 10.2. The van der Waals surface area contributed by atoms with E-state index in [1.54, 1.807) is 41.6 Å². The monoisotopic (exact) mass is 415 g/mol. The zero-order valence-electron chi connectivity index (χ0n) is 16.4. The minimum Gasteiger partial charge on any atom is -0.354 e. The number of hydrogen-bond donors (Lipinski definition) is 1. The quantitative estimate of drug-likeness (QED) is 0.777. The Morgan fingerprint density at radius 3 is 2.48 bits per heavy atom. The number of aromatic nitrogens is 1. The molecule has 1 amide bonds. The van der Waals surface area contributed by atoms with Gasteiger partial charge in [0.2, 0.25) is 15.9 Å². The maximum absolute atomic E-state index is 12.7. The Balaban J connectivity index is 1.48. The third-order valence-electron chi connectivity index (χ3n) is 5.35. The highest BCUT2D eigenvalue weighted by Crippen LogP contribution is 2.32. The first-order valence-corrected chi connectivity index (χ1v) is 11.4. The third-order valence-corrected chi connectivity index (χ3v) is 7.26. The van der Waals surface area contributed by atoms with Crippen LogP contribution in [0.1, 0.15) is 49.1 Å². The lowest BCUT2D eigenvalue weighted by molar-refractivity contribution is -0.117. The summed E-state index contributed by atoms with van der Waals surface area (Å²) in [7, 11) is -3.43. The number of hydrogen-bond acceptors (Lipinski definition) is 5. The zero-order valence-corrected chi connectivity index (χ0v) is 17.2. The van der Waals surface area contributed by atoms with Gasteiger partial charge in [0.25, 0.3) is 0 Å². The molecule has 0 radical (unpaired) electrons. The number of anilines is 1. The van der Waals surface area contributed by atoms with Crippen molar-refractivity contribution >= 4 is 33.8 Å². The van der Waals surface area contributed by atoms with E-state index in [1.165, 1.54) is 0 Å². The van der Waals surface area contributed by atoms with Crippen LogP contribution in [0.2, 0.25) is 0 Å². The summed E-state index contributed by atoms with van der Waals surface area (Å²) in [5.41, 5.74) is 2.04. The van der Waals surface area contributed by atoms with E-state index >= 15 is 0 Å². The smallest absolute Gasteiger partial charge is 0.243 e. The van der Waals surface area contributed by atoms with Crippen molar-refractivity contribution in [2.45, 2.75) is 43.9 Å². The maximum atomic E-state index is 12.7. The summed E-state index contributed by atoms with van der Waals surface area (Å²) in [6.07, 6.45) is 8.30. The van der Waals surface area contributed by atoms with Crippen molar-refractivity contribution in [3.05, 3.63) is 41.3 Å². The minimum atomic E-state index is -3.43. The Morgan fingerprint density at radius 1 is 1.14 bits per heavy atom. The summed E-state index contributed by atoms with van der Waals surface area (Å²) in [4.78, 5) is 12.4. The van der Waals surface area contributed by atoms with E-state index in [-0.39, 0.29) is 11.8 Å². The van der Waals surface area contributed by atoms with E-state index in [2.05, 4.69) is 10.5 Å². The fraction of sp³-hybridized carbons (Fsp3) is 0.429. The molecule has 4 rings (SSSR count). The van der Waals surface area contributed by atoms with Gasteiger partial charge in [-0.3, -0.25) is 4.79 Å². The fourth-order valence-electron chi connectivity index (χ4n) is 3.40. The average Bonchev–Trinajstić information content (AvgIpc) is 3.53. The van der Waals surface area contributed by atoms with Gasteiger partial charge in [-0.25, -0.2) is 8.42 Å². The molecule has 0 bridgehead atoms. The van der Waals surface area contributed by atoms with Gasteiger partial charge in [-0.1, -0.05) is 29.8 Å². The van der Waals surface area contributed by atoms with Crippen LogP contribution in [0.3, 0.4) is 0 Å². The van der Waals surface area contributed by atoms with Crippen LogP contribution in [0.4, 0.5) is 5.69 Å². The van der Waals surface area contributed by atoms with Crippen LogP contribution in [-0.2, 0) is 14.8 Å². The molecular weight excluding hydrogens is 390 g/mol. The van der Waals surface area contributed by atoms with Crippen molar-refractivity contribution < 1.29 is 17.7 Å². The summed E-state index contributed by atoms with van der Waals surface area (Å²) >= 11 is 0. The molecule has 1 saturated heterocycles. The molecule has 1 saturated carbocycles. The molecule has 1 aliphatic heterocycles. The molecule has 0 spiro atoms. The molecule has 0 atom stereocenters. The summed E-state index contributed by atoms with van der Waals surface area (Å²) in [6, 6.07) is 6.79. The number of amides is 1. The molecule has 1 N–H and O–H groups in total. The predicted octanol–water partition coefficient (Wildman–Crippen LogP) is 3.68. The number of nitrogens with one attached hydrogen (secondary N) is 1. The van der Waals surface area contributed by atoms with Crippen molar-refractivity contribution in [2.75, 3.05) is 18.4 Å². The van der Waals surface area contributed by atoms with Gasteiger partial charge in [0.1, 0.15) is 11.4 Å². The predicted molar refractivity (Wildman–Crippen MR) is 111 cm³/mol. The van der Waals surface area contributed by atoms with Gasteiger partial charge >= 0.3 is 0 Å². The van der Waals surface area contributed by atoms with Gasteiger partial charge in [-0.05, 0) is 56.4 Å². The lowest BCUT2D eigenvalue weighted by Gasteiger charge is -2.25. The molecule has 2 fully saturated rings. The van der Waals surface area contributed by atoms with Crippen molar-refractivity contribution in [3.8, 4) is 0 Å². The van der Waals surface area contributed by atoms with Crippen molar-refractivity contribution in [1.82, 2.24) is 9.46 Å². The van der Waals surface area contributed by atoms with E-state index in [1.807, 2.05) is 6.08 Å². The van der Waals surface area contributed by atoms with Crippen LogP contribution in [0.25, 0.3) is 12.2 Å². The summed E-state index contributed by atoms with van der Waals surface area (Å²) in [6.45, 7) is 2.96. The van der Waals surface area contributed by atoms with E-state index in [0.29, 0.717) is 35.1 Å². The molecule has 7 nitrogen and oxygen atoms in total. The van der Waals surface area contributed by atoms with Crippen LogP contribution < -0.4 is 5.32 Å². The van der Waals surface area contributed by atoms with E-state index < -0.39 is 10.0 Å². The van der Waals surface area contributed by atoms with Crippen molar-refractivity contribution in [3.63, 3.8) is 0 Å². The standard InChI is InChI=1S/C21H25N3O4S/c1-15-20(22-21(25)17-8-9-17)19(28-23-15)12-7-16-5-10-18(11-6-16)29(26,27)24-13-3-2-4-14-24/h5-7,10-12,17H,2-4,8-9,13-14H2,1H3,(H,22,25). The first kappa shape index (κ1) is 19.8. The second kappa shape index (κ2) is 8.12. The van der Waals surface area contributed by atoms with E-state index in [0.717, 1.165) is 37.7 Å². The number of piperidine rings is 1. The molecule has 2 heterocycles. The number of nitrogens with zero attached hydrogens (tertiary/aromatic N) is 2. The number of carbonyl (C=O) groups is 1. The van der Waals surface area contributed by atoms with Crippen molar-refractivity contribution in [2.24, 2.45) is 5.92 Å². The Morgan fingerprint density at radius 2 is 1.83 bits per heavy atom. The lowest BCUT2D eigenvalue weighted by Crippen LogP contribution is -2.35. The fourth-order valence-corrected chi connectivity index (χ4v) is 4.92. The SMILES string of the molecule is Cc1noc(C=Cc2ccc(S(=O)(=O)N3CCCCC3)cc2)c1NC(=O)C1CC1. The molecule has 8 heteroatoms. The number of carbonyl (C=O) groups excluding carboxylic acids is 1. The van der Waals surface area contributed by atoms with E-state index in [9.17, 15) is 13.2 Å². The third kappa shape index (κ3) is 4.43. The van der Waals surface area contributed by atoms with Crippen LogP contribution >= 0.6 is 0 Å². The highest BCUT2D eigenvalue weighted by atomic mass is 32.2. The summed E-state index contributed by atoms with van der Waals surface area (Å²) in [5.74, 6) is 0.565. The highest BCUT2D eigenvalue weighted by molar-refractivity contribution is 7.89. The van der Waals surface area contributed by atoms with Gasteiger partial charge in [-0.15, -0.1) is 0 Å². The molecule has 1 aliphatic carbocycles. The Bertz CT molecular complexity index is 1010. The van der Waals surface area contributed by atoms with Crippen LogP contribution in [0.5, 0.6) is 0 Å². The number of sulfonamides is 1. The second-order valence-electron chi connectivity index (χ2n) is 7.64. The van der Waals surface area contributed by atoms with Crippen molar-refractivity contribution in [1.29, 1.82) is 0 Å². The molecular formula is C21H25N3O4S.